The molecule has 0 saturated carbocycles. The first-order chi connectivity index (χ1) is 13.0. The van der Waals surface area contributed by atoms with Gasteiger partial charge >= 0.3 is 23.9 Å². The van der Waals surface area contributed by atoms with Crippen molar-refractivity contribution >= 4 is 23.9 Å². The Hall–Kier alpha value is -2.68. The van der Waals surface area contributed by atoms with Crippen molar-refractivity contribution in [3.63, 3.8) is 0 Å². The normalized spacial score (nSPS) is 12.6. The molecule has 0 heterocycles. The van der Waals surface area contributed by atoms with Crippen LogP contribution in [0.4, 0.5) is 0 Å². The Morgan fingerprint density at radius 1 is 0.714 bits per heavy atom. The lowest BCUT2D eigenvalue weighted by molar-refractivity contribution is -0.861. The van der Waals surface area contributed by atoms with Crippen LogP contribution in [0.1, 0.15) is 27.7 Å². The van der Waals surface area contributed by atoms with Crippen molar-refractivity contribution in [1.82, 2.24) is 0 Å². The van der Waals surface area contributed by atoms with Gasteiger partial charge in [0.25, 0.3) is 0 Å². The topological polar surface area (TPSA) is 110 Å². The van der Waals surface area contributed by atoms with E-state index in [0.29, 0.717) is 6.54 Å². The van der Waals surface area contributed by atoms with Crippen molar-refractivity contribution in [1.29, 1.82) is 0 Å². The van der Waals surface area contributed by atoms with Crippen LogP contribution in [0.25, 0.3) is 0 Å². The molecular formula is C19H30NO8+. The molecule has 158 valence electrons. The van der Waals surface area contributed by atoms with Gasteiger partial charge in [0.1, 0.15) is 13.2 Å². The highest BCUT2D eigenvalue weighted by Gasteiger charge is 2.19. The van der Waals surface area contributed by atoms with Crippen LogP contribution in [-0.4, -0.2) is 69.4 Å². The van der Waals surface area contributed by atoms with Crippen LogP contribution in [0, 0.1) is 0 Å². The highest BCUT2D eigenvalue weighted by Crippen LogP contribution is 1.97. The van der Waals surface area contributed by atoms with Gasteiger partial charge in [0.15, 0.2) is 6.10 Å². The molecule has 0 aromatic heterocycles. The molecule has 1 atom stereocenters. The van der Waals surface area contributed by atoms with Crippen molar-refractivity contribution in [3.8, 4) is 0 Å². The number of ether oxygens (including phenoxy) is 4. The number of likely N-dealkylation sites (N-methyl/N-ethyl adjacent to an activating group) is 1. The molecule has 1 N–H and O–H groups in total. The van der Waals surface area contributed by atoms with Crippen molar-refractivity contribution < 1.29 is 43.0 Å². The molecule has 0 saturated heterocycles. The third kappa shape index (κ3) is 14.5. The molecule has 0 spiro atoms. The summed E-state index contributed by atoms with van der Waals surface area (Å²) in [6.45, 7) is 6.90. The average molecular weight is 400 g/mol. The molecule has 0 rings (SSSR count). The average Bonchev–Trinajstić information content (AvgIpc) is 2.54. The van der Waals surface area contributed by atoms with Crippen LogP contribution < -0.4 is 4.90 Å². The quantitative estimate of drug-likeness (QED) is 0.284. The summed E-state index contributed by atoms with van der Waals surface area (Å²) in [4.78, 5) is 47.2. The Labute approximate surface area is 165 Å². The predicted molar refractivity (Wildman–Crippen MR) is 99.3 cm³/mol. The molecular weight excluding hydrogens is 370 g/mol. The summed E-state index contributed by atoms with van der Waals surface area (Å²) in [5, 5.41) is 0. The highest BCUT2D eigenvalue weighted by atomic mass is 16.6. The number of carbonyl (C=O) groups is 4. The van der Waals surface area contributed by atoms with Gasteiger partial charge in [-0.25, -0.2) is 19.2 Å². The Bertz CT molecular complexity index is 593. The first-order valence-electron chi connectivity index (χ1n) is 8.93. The SMILES string of the molecule is CC(C)OC(=O)/C=C/C(=O)OCC(C[NH+](C)C)OC(=O)/C=C/C(=O)OC(C)C. The number of esters is 4. The lowest BCUT2D eigenvalue weighted by atomic mass is 10.3. The maximum atomic E-state index is 11.8. The van der Waals surface area contributed by atoms with E-state index in [1.54, 1.807) is 27.7 Å². The Morgan fingerprint density at radius 3 is 1.50 bits per heavy atom. The van der Waals surface area contributed by atoms with Gasteiger partial charge in [0, 0.05) is 24.3 Å². The second kappa shape index (κ2) is 13.5. The van der Waals surface area contributed by atoms with E-state index in [0.717, 1.165) is 29.2 Å². The summed E-state index contributed by atoms with van der Waals surface area (Å²) in [6, 6.07) is 0. The molecule has 0 aliphatic carbocycles. The summed E-state index contributed by atoms with van der Waals surface area (Å²) >= 11 is 0. The van der Waals surface area contributed by atoms with Crippen molar-refractivity contribution in [2.45, 2.75) is 46.0 Å². The van der Waals surface area contributed by atoms with Gasteiger partial charge in [-0.1, -0.05) is 0 Å². The van der Waals surface area contributed by atoms with E-state index in [1.165, 1.54) is 0 Å². The zero-order valence-electron chi connectivity index (χ0n) is 17.2. The van der Waals surface area contributed by atoms with E-state index in [-0.39, 0.29) is 18.8 Å². The van der Waals surface area contributed by atoms with Crippen LogP contribution >= 0.6 is 0 Å². The van der Waals surface area contributed by atoms with Gasteiger partial charge in [0.2, 0.25) is 0 Å². The van der Waals surface area contributed by atoms with E-state index in [4.69, 9.17) is 18.9 Å². The maximum absolute atomic E-state index is 11.8. The molecule has 0 radical (unpaired) electrons. The largest absolute Gasteiger partial charge is 0.460 e. The second-order valence-electron chi connectivity index (χ2n) is 6.74. The number of rotatable bonds is 11. The number of quaternary nitrogens is 1. The molecule has 0 bridgehead atoms. The van der Waals surface area contributed by atoms with Crippen LogP contribution in [0.3, 0.4) is 0 Å². The van der Waals surface area contributed by atoms with Gasteiger partial charge < -0.3 is 23.8 Å². The Kier molecular flexibility index (Phi) is 12.2. The first-order valence-corrected chi connectivity index (χ1v) is 8.93. The smallest absolute Gasteiger partial charge is 0.331 e. The number of nitrogens with one attached hydrogen (secondary N) is 1. The minimum absolute atomic E-state index is 0.205. The fourth-order valence-corrected chi connectivity index (χ4v) is 1.83. The van der Waals surface area contributed by atoms with E-state index in [2.05, 4.69) is 0 Å². The summed E-state index contributed by atoms with van der Waals surface area (Å²) in [7, 11) is 3.67. The van der Waals surface area contributed by atoms with E-state index < -0.39 is 30.0 Å². The third-order valence-electron chi connectivity index (χ3n) is 2.74. The van der Waals surface area contributed by atoms with Crippen LogP contribution in [0.5, 0.6) is 0 Å². The molecule has 0 aliphatic rings. The maximum Gasteiger partial charge on any atom is 0.331 e. The molecule has 0 aromatic rings. The van der Waals surface area contributed by atoms with E-state index >= 15 is 0 Å². The molecule has 28 heavy (non-hydrogen) atoms. The molecule has 9 nitrogen and oxygen atoms in total. The van der Waals surface area contributed by atoms with Crippen molar-refractivity contribution in [2.75, 3.05) is 27.2 Å². The second-order valence-corrected chi connectivity index (χ2v) is 6.74. The zero-order chi connectivity index (χ0) is 21.7. The van der Waals surface area contributed by atoms with E-state index in [1.807, 2.05) is 14.1 Å². The van der Waals surface area contributed by atoms with Crippen molar-refractivity contribution in [3.05, 3.63) is 24.3 Å². The molecule has 0 aromatic carbocycles. The fraction of sp³-hybridized carbons (Fsp3) is 0.579. The third-order valence-corrected chi connectivity index (χ3v) is 2.74. The fourth-order valence-electron chi connectivity index (χ4n) is 1.83. The first kappa shape index (κ1) is 25.3. The van der Waals surface area contributed by atoms with Gasteiger partial charge in [-0.15, -0.1) is 0 Å². The van der Waals surface area contributed by atoms with Crippen molar-refractivity contribution in [2.24, 2.45) is 0 Å². The number of carbonyl (C=O) groups excluding carboxylic acids is 4. The standard InChI is InChI=1S/C19H29NO8/c1-13(2)26-17(22)8-7-16(21)25-12-15(11-20(5)6)28-19(24)10-9-18(23)27-14(3)4/h7-10,13-15H,11-12H2,1-6H3/p+1/b8-7+,10-9+. The lowest BCUT2D eigenvalue weighted by Crippen LogP contribution is -3.07. The molecule has 0 amide bonds. The molecule has 0 aliphatic heterocycles. The van der Waals surface area contributed by atoms with Crippen LogP contribution in [-0.2, 0) is 38.1 Å². The number of hydrogen-bond donors (Lipinski definition) is 1. The molecule has 0 fully saturated rings. The van der Waals surface area contributed by atoms with Crippen LogP contribution in [0.2, 0.25) is 0 Å². The summed E-state index contributed by atoms with van der Waals surface area (Å²) in [6.07, 6.45) is 2.48. The van der Waals surface area contributed by atoms with Gasteiger partial charge in [0.05, 0.1) is 26.3 Å². The van der Waals surface area contributed by atoms with E-state index in [9.17, 15) is 19.2 Å². The Morgan fingerprint density at radius 2 is 1.11 bits per heavy atom. The highest BCUT2D eigenvalue weighted by molar-refractivity contribution is 5.92. The molecule has 1 unspecified atom stereocenters. The van der Waals surface area contributed by atoms with Gasteiger partial charge in [-0.05, 0) is 27.7 Å². The van der Waals surface area contributed by atoms with Crippen LogP contribution in [0.15, 0.2) is 24.3 Å². The Balaban J connectivity index is 4.62. The lowest BCUT2D eigenvalue weighted by Gasteiger charge is -2.18. The zero-order valence-corrected chi connectivity index (χ0v) is 17.2. The monoisotopic (exact) mass is 400 g/mol. The summed E-state index contributed by atoms with van der Waals surface area (Å²) in [5.74, 6) is -2.86. The molecule has 9 heteroatoms. The number of hydrogen-bond acceptors (Lipinski definition) is 8. The summed E-state index contributed by atoms with van der Waals surface area (Å²) < 4.78 is 19.9. The predicted octanol–water partition coefficient (Wildman–Crippen LogP) is -0.398. The van der Waals surface area contributed by atoms with Gasteiger partial charge in [-0.3, -0.25) is 0 Å². The minimum atomic E-state index is -0.772. The van der Waals surface area contributed by atoms with Gasteiger partial charge in [-0.2, -0.15) is 0 Å². The minimum Gasteiger partial charge on any atom is -0.460 e. The summed E-state index contributed by atoms with van der Waals surface area (Å²) in [5.41, 5.74) is 0.